The van der Waals surface area contributed by atoms with Gasteiger partial charge in [-0.3, -0.25) is 4.79 Å². The van der Waals surface area contributed by atoms with Gasteiger partial charge in [0.2, 0.25) is 0 Å². The number of ketones is 1. The van der Waals surface area contributed by atoms with Gasteiger partial charge in [0.05, 0.1) is 51.8 Å². The zero-order chi connectivity index (χ0) is 21.9. The van der Waals surface area contributed by atoms with E-state index in [4.69, 9.17) is 24.1 Å². The molecule has 0 spiro atoms. The number of benzene rings is 2. The zero-order valence-corrected chi connectivity index (χ0v) is 17.3. The van der Waals surface area contributed by atoms with Crippen molar-refractivity contribution in [1.82, 2.24) is 0 Å². The average Bonchev–Trinajstić information content (AvgIpc) is 2.76. The molecule has 8 nitrogen and oxygen atoms in total. The van der Waals surface area contributed by atoms with Gasteiger partial charge >= 0.3 is 5.97 Å². The van der Waals surface area contributed by atoms with E-state index >= 15 is 0 Å². The molecule has 0 saturated carbocycles. The van der Waals surface area contributed by atoms with E-state index in [0.717, 1.165) is 22.0 Å². The van der Waals surface area contributed by atoms with E-state index in [2.05, 4.69) is 5.32 Å². The molecule has 0 bridgehead atoms. The maximum absolute atomic E-state index is 12.4. The van der Waals surface area contributed by atoms with E-state index in [1.807, 2.05) is 36.4 Å². The molecule has 3 rings (SSSR count). The third-order valence-corrected chi connectivity index (χ3v) is 4.64. The van der Waals surface area contributed by atoms with E-state index < -0.39 is 5.97 Å². The molecule has 2 aromatic carbocycles. The predicted molar refractivity (Wildman–Crippen MR) is 117 cm³/mol. The minimum absolute atomic E-state index is 0.0109. The number of anilines is 1. The lowest BCUT2D eigenvalue weighted by molar-refractivity contribution is -0.142. The van der Waals surface area contributed by atoms with Gasteiger partial charge in [-0.2, -0.15) is 0 Å². The Kier molecular flexibility index (Phi) is 8.99. The van der Waals surface area contributed by atoms with Crippen molar-refractivity contribution in [3.8, 4) is 0 Å². The summed E-state index contributed by atoms with van der Waals surface area (Å²) in [5, 5.41) is 13.8. The van der Waals surface area contributed by atoms with Gasteiger partial charge in [0.15, 0.2) is 5.78 Å². The Morgan fingerprint density at radius 2 is 1.52 bits per heavy atom. The van der Waals surface area contributed by atoms with Gasteiger partial charge in [0.1, 0.15) is 6.61 Å². The topological polar surface area (TPSA) is 103 Å². The zero-order valence-electron chi connectivity index (χ0n) is 17.3. The van der Waals surface area contributed by atoms with Gasteiger partial charge in [-0.15, -0.1) is 0 Å². The molecule has 1 aliphatic rings. The highest BCUT2D eigenvalue weighted by molar-refractivity contribution is 6.23. The minimum Gasteiger partial charge on any atom is -0.480 e. The number of nitrogens with one attached hydrogen (secondary N) is 1. The Morgan fingerprint density at radius 3 is 2.23 bits per heavy atom. The normalized spacial score (nSPS) is 12.5. The summed E-state index contributed by atoms with van der Waals surface area (Å²) in [5.41, 5.74) is 2.59. The first-order chi connectivity index (χ1) is 15.2. The lowest BCUT2D eigenvalue weighted by Gasteiger charge is -2.17. The van der Waals surface area contributed by atoms with Crippen molar-refractivity contribution in [2.75, 3.05) is 64.7 Å². The summed E-state index contributed by atoms with van der Waals surface area (Å²) in [4.78, 5) is 22.7. The highest BCUT2D eigenvalue weighted by Gasteiger charge is 2.18. The monoisotopic (exact) mass is 429 g/mol. The second kappa shape index (κ2) is 12.2. The molecule has 0 unspecified atom stereocenters. The third kappa shape index (κ3) is 6.86. The number of ether oxygens (including phenoxy) is 4. The summed E-state index contributed by atoms with van der Waals surface area (Å²) >= 11 is 0. The lowest BCUT2D eigenvalue weighted by atomic mass is 9.91. The molecule has 0 saturated heterocycles. The van der Waals surface area contributed by atoms with E-state index in [-0.39, 0.29) is 19.0 Å². The van der Waals surface area contributed by atoms with E-state index in [1.54, 1.807) is 6.08 Å². The number of carbonyl (C=O) groups is 2. The summed E-state index contributed by atoms with van der Waals surface area (Å²) in [5.74, 6) is -0.984. The van der Waals surface area contributed by atoms with Crippen molar-refractivity contribution in [2.45, 2.75) is 0 Å². The van der Waals surface area contributed by atoms with E-state index in [0.29, 0.717) is 51.7 Å². The number of hydrogen-bond acceptors (Lipinski definition) is 7. The van der Waals surface area contributed by atoms with Gasteiger partial charge in [-0.1, -0.05) is 30.3 Å². The van der Waals surface area contributed by atoms with Gasteiger partial charge in [0.25, 0.3) is 0 Å². The third-order valence-electron chi connectivity index (χ3n) is 4.64. The molecule has 31 heavy (non-hydrogen) atoms. The van der Waals surface area contributed by atoms with Crippen molar-refractivity contribution in [3.63, 3.8) is 0 Å². The predicted octanol–water partition coefficient (Wildman–Crippen LogP) is 2.61. The van der Waals surface area contributed by atoms with Crippen molar-refractivity contribution in [3.05, 3.63) is 47.5 Å². The SMILES string of the molecule is O=C(O)COCCOCCOCCOCCNc1ccc2cccc3c2c1C(=O)C=C3. The molecule has 0 heterocycles. The number of carboxylic acids is 1. The van der Waals surface area contributed by atoms with Gasteiger partial charge in [-0.25, -0.2) is 4.79 Å². The fraction of sp³-hybridized carbons (Fsp3) is 0.391. The number of carboxylic acid groups (broad SMARTS) is 1. The first-order valence-corrected chi connectivity index (χ1v) is 10.2. The number of carbonyl (C=O) groups excluding carboxylic acids is 1. The van der Waals surface area contributed by atoms with Crippen LogP contribution in [0.25, 0.3) is 16.8 Å². The van der Waals surface area contributed by atoms with Crippen LogP contribution in [0.15, 0.2) is 36.4 Å². The van der Waals surface area contributed by atoms with Crippen LogP contribution in [0.2, 0.25) is 0 Å². The van der Waals surface area contributed by atoms with Crippen LogP contribution in [0.1, 0.15) is 15.9 Å². The van der Waals surface area contributed by atoms with E-state index in [9.17, 15) is 9.59 Å². The minimum atomic E-state index is -0.995. The Labute approximate surface area is 180 Å². The maximum atomic E-state index is 12.4. The van der Waals surface area contributed by atoms with E-state index in [1.165, 1.54) is 0 Å². The second-order valence-electron chi connectivity index (χ2n) is 6.84. The van der Waals surface area contributed by atoms with Crippen molar-refractivity contribution < 1.29 is 33.6 Å². The first-order valence-electron chi connectivity index (χ1n) is 10.2. The molecule has 2 N–H and O–H groups in total. The maximum Gasteiger partial charge on any atom is 0.329 e. The number of aliphatic carboxylic acids is 1. The smallest absolute Gasteiger partial charge is 0.329 e. The molecule has 2 aromatic rings. The standard InChI is InChI=1S/C23H27NO7/c25-20-7-5-18-3-1-2-17-4-6-19(23(20)22(17)18)24-8-9-28-10-11-29-12-13-30-14-15-31-16-21(26)27/h1-7,24H,8-16H2,(H,26,27). The molecule has 0 amide bonds. The lowest BCUT2D eigenvalue weighted by Crippen LogP contribution is -2.16. The quantitative estimate of drug-likeness (QED) is 0.417. The fourth-order valence-corrected chi connectivity index (χ4v) is 3.28. The number of hydrogen-bond donors (Lipinski definition) is 2. The Bertz CT molecular complexity index is 926. The number of rotatable bonds is 15. The molecule has 166 valence electrons. The van der Waals surface area contributed by atoms with Gasteiger partial charge < -0.3 is 29.4 Å². The Hall–Kier alpha value is -2.78. The van der Waals surface area contributed by atoms with Gasteiger partial charge in [-0.05, 0) is 23.1 Å². The van der Waals surface area contributed by atoms with Crippen LogP contribution in [-0.4, -0.2) is 76.3 Å². The van der Waals surface area contributed by atoms with Crippen LogP contribution < -0.4 is 5.32 Å². The van der Waals surface area contributed by atoms with Crippen LogP contribution in [0.4, 0.5) is 5.69 Å². The molecular formula is C23H27NO7. The van der Waals surface area contributed by atoms with Crippen molar-refractivity contribution >= 4 is 34.3 Å². The fourth-order valence-electron chi connectivity index (χ4n) is 3.28. The van der Waals surface area contributed by atoms with Crippen LogP contribution in [0, 0.1) is 0 Å². The van der Waals surface area contributed by atoms with Crippen LogP contribution in [-0.2, 0) is 23.7 Å². The van der Waals surface area contributed by atoms with Crippen molar-refractivity contribution in [1.29, 1.82) is 0 Å². The second-order valence-corrected chi connectivity index (χ2v) is 6.84. The summed E-state index contributed by atoms with van der Waals surface area (Å²) in [7, 11) is 0. The number of allylic oxidation sites excluding steroid dienone is 1. The molecular weight excluding hydrogens is 402 g/mol. The molecule has 0 aromatic heterocycles. The van der Waals surface area contributed by atoms with Crippen LogP contribution >= 0.6 is 0 Å². The first kappa shape index (κ1) is 22.9. The van der Waals surface area contributed by atoms with Crippen LogP contribution in [0.3, 0.4) is 0 Å². The summed E-state index contributed by atoms with van der Waals surface area (Å²) < 4.78 is 21.1. The highest BCUT2D eigenvalue weighted by Crippen LogP contribution is 2.33. The molecule has 0 atom stereocenters. The Morgan fingerprint density at radius 1 is 0.839 bits per heavy atom. The van der Waals surface area contributed by atoms with Crippen molar-refractivity contribution in [2.24, 2.45) is 0 Å². The molecule has 0 radical (unpaired) electrons. The highest BCUT2D eigenvalue weighted by atomic mass is 16.6. The van der Waals surface area contributed by atoms with Crippen LogP contribution in [0.5, 0.6) is 0 Å². The molecule has 8 heteroatoms. The average molecular weight is 429 g/mol. The molecule has 0 aliphatic heterocycles. The summed E-state index contributed by atoms with van der Waals surface area (Å²) in [6.45, 7) is 3.07. The molecule has 0 fully saturated rings. The van der Waals surface area contributed by atoms with Gasteiger partial charge in [0, 0.05) is 17.6 Å². The summed E-state index contributed by atoms with van der Waals surface area (Å²) in [6.07, 6.45) is 3.48. The molecule has 1 aliphatic carbocycles. The summed E-state index contributed by atoms with van der Waals surface area (Å²) in [6, 6.07) is 9.98. The largest absolute Gasteiger partial charge is 0.480 e. The Balaban J connectivity index is 1.27.